The van der Waals surface area contributed by atoms with Gasteiger partial charge >= 0.3 is 0 Å². The van der Waals surface area contributed by atoms with Crippen molar-refractivity contribution in [2.45, 2.75) is 36.7 Å². The second-order valence-corrected chi connectivity index (χ2v) is 8.26. The Hall–Kier alpha value is -2.12. The topological polar surface area (TPSA) is 59.8 Å². The first kappa shape index (κ1) is 18.7. The molecule has 0 saturated carbocycles. The molecular weight excluding hydrogens is 364 g/mol. The number of thioether (sulfide) groups is 1. The van der Waals surface area contributed by atoms with Gasteiger partial charge in [-0.05, 0) is 30.4 Å². The highest BCUT2D eigenvalue weighted by atomic mass is 32.2. The van der Waals surface area contributed by atoms with Gasteiger partial charge in [-0.3, -0.25) is 4.79 Å². The van der Waals surface area contributed by atoms with Crippen LogP contribution in [0.3, 0.4) is 0 Å². The summed E-state index contributed by atoms with van der Waals surface area (Å²) in [7, 11) is 1.65. The molecule has 0 saturated heterocycles. The van der Waals surface area contributed by atoms with Crippen LogP contribution in [0.1, 0.15) is 23.2 Å². The molecule has 1 aromatic carbocycles. The van der Waals surface area contributed by atoms with E-state index in [-0.39, 0.29) is 11.2 Å². The van der Waals surface area contributed by atoms with Crippen molar-refractivity contribution < 1.29 is 4.79 Å². The van der Waals surface area contributed by atoms with Gasteiger partial charge in [0.05, 0.1) is 5.25 Å². The van der Waals surface area contributed by atoms with Crippen LogP contribution in [-0.4, -0.2) is 33.0 Å². The van der Waals surface area contributed by atoms with E-state index in [9.17, 15) is 4.79 Å². The lowest BCUT2D eigenvalue weighted by Crippen LogP contribution is -2.27. The van der Waals surface area contributed by atoms with Gasteiger partial charge < -0.3 is 9.88 Å². The number of benzene rings is 1. The average molecular weight is 387 g/mol. The SMILES string of the molecule is CNC(=O)C(C)Sc1nnc(Cc2cccs2)n1CCc1ccccc1. The third-order valence-corrected chi connectivity index (χ3v) is 6.03. The number of rotatable bonds is 8. The van der Waals surface area contributed by atoms with Crippen LogP contribution in [-0.2, 0) is 24.2 Å². The van der Waals surface area contributed by atoms with Gasteiger partial charge in [0.2, 0.25) is 5.91 Å². The lowest BCUT2D eigenvalue weighted by molar-refractivity contribution is -0.119. The summed E-state index contributed by atoms with van der Waals surface area (Å²) in [5, 5.41) is 14.1. The van der Waals surface area contributed by atoms with E-state index < -0.39 is 0 Å². The van der Waals surface area contributed by atoms with Crippen LogP contribution >= 0.6 is 23.1 Å². The molecule has 0 aliphatic rings. The van der Waals surface area contributed by atoms with E-state index in [1.807, 2.05) is 19.1 Å². The molecule has 1 N–H and O–H groups in total. The van der Waals surface area contributed by atoms with Crippen LogP contribution in [0.4, 0.5) is 0 Å². The van der Waals surface area contributed by atoms with Crippen molar-refractivity contribution in [1.82, 2.24) is 20.1 Å². The van der Waals surface area contributed by atoms with Crippen molar-refractivity contribution in [3.63, 3.8) is 0 Å². The fourth-order valence-corrected chi connectivity index (χ4v) is 4.29. The van der Waals surface area contributed by atoms with Crippen LogP contribution in [0, 0.1) is 0 Å². The van der Waals surface area contributed by atoms with Gasteiger partial charge in [0.15, 0.2) is 5.16 Å². The Morgan fingerprint density at radius 2 is 2.04 bits per heavy atom. The summed E-state index contributed by atoms with van der Waals surface area (Å²) in [5.74, 6) is 0.933. The van der Waals surface area contributed by atoms with Gasteiger partial charge in [-0.15, -0.1) is 21.5 Å². The Morgan fingerprint density at radius 1 is 1.23 bits per heavy atom. The fourth-order valence-electron chi connectivity index (χ4n) is 2.63. The van der Waals surface area contributed by atoms with E-state index in [2.05, 4.69) is 55.8 Å². The maximum atomic E-state index is 11.9. The van der Waals surface area contributed by atoms with E-state index >= 15 is 0 Å². The molecule has 0 fully saturated rings. The normalized spacial score (nSPS) is 12.1. The third kappa shape index (κ3) is 4.74. The first-order chi connectivity index (χ1) is 12.7. The summed E-state index contributed by atoms with van der Waals surface area (Å²) >= 11 is 3.17. The fraction of sp³-hybridized carbons (Fsp3) is 0.316. The Labute approximate surface area is 161 Å². The molecule has 1 amide bonds. The highest BCUT2D eigenvalue weighted by Gasteiger charge is 2.19. The van der Waals surface area contributed by atoms with E-state index in [1.165, 1.54) is 22.2 Å². The summed E-state index contributed by atoms with van der Waals surface area (Å²) in [5.41, 5.74) is 1.28. The standard InChI is InChI=1S/C19H22N4OS2/c1-14(18(24)20-2)26-19-22-21-17(13-16-9-6-12-25-16)23(19)11-10-15-7-4-3-5-8-15/h3-9,12,14H,10-11,13H2,1-2H3,(H,20,24). The first-order valence-corrected chi connectivity index (χ1v) is 10.3. The molecule has 2 heterocycles. The Kier molecular flexibility index (Phi) is 6.46. The van der Waals surface area contributed by atoms with Gasteiger partial charge in [0.1, 0.15) is 5.82 Å². The van der Waals surface area contributed by atoms with Crippen LogP contribution in [0.15, 0.2) is 53.0 Å². The molecule has 0 radical (unpaired) electrons. The Balaban J connectivity index is 1.81. The highest BCUT2D eigenvalue weighted by molar-refractivity contribution is 8.00. The van der Waals surface area contributed by atoms with Crippen molar-refractivity contribution in [2.75, 3.05) is 7.05 Å². The summed E-state index contributed by atoms with van der Waals surface area (Å²) in [6, 6.07) is 14.5. The van der Waals surface area contributed by atoms with E-state index in [1.54, 1.807) is 18.4 Å². The molecule has 7 heteroatoms. The van der Waals surface area contributed by atoms with Crippen LogP contribution in [0.2, 0.25) is 0 Å². The number of nitrogens with zero attached hydrogens (tertiary/aromatic N) is 3. The molecule has 0 aliphatic carbocycles. The number of thiophene rings is 1. The molecule has 0 spiro atoms. The van der Waals surface area contributed by atoms with Crippen LogP contribution in [0.25, 0.3) is 0 Å². The summed E-state index contributed by atoms with van der Waals surface area (Å²) in [6.45, 7) is 2.68. The monoisotopic (exact) mass is 386 g/mol. The maximum absolute atomic E-state index is 11.9. The average Bonchev–Trinajstić information content (AvgIpc) is 3.31. The minimum atomic E-state index is -0.214. The second kappa shape index (κ2) is 9.00. The molecule has 136 valence electrons. The summed E-state index contributed by atoms with van der Waals surface area (Å²) < 4.78 is 2.15. The predicted octanol–water partition coefficient (Wildman–Crippen LogP) is 3.40. The number of aryl methyl sites for hydroxylation is 1. The van der Waals surface area contributed by atoms with Crippen LogP contribution < -0.4 is 5.32 Å². The maximum Gasteiger partial charge on any atom is 0.233 e. The molecule has 1 atom stereocenters. The lowest BCUT2D eigenvalue weighted by Gasteiger charge is -2.12. The number of carbonyl (C=O) groups is 1. The van der Waals surface area contributed by atoms with Crippen molar-refractivity contribution >= 4 is 29.0 Å². The molecular formula is C19H22N4OS2. The number of nitrogens with one attached hydrogen (secondary N) is 1. The van der Waals surface area contributed by atoms with E-state index in [0.29, 0.717) is 0 Å². The van der Waals surface area contributed by atoms with E-state index in [0.717, 1.165) is 30.4 Å². The number of amides is 1. The van der Waals surface area contributed by atoms with Crippen LogP contribution in [0.5, 0.6) is 0 Å². The molecule has 1 unspecified atom stereocenters. The lowest BCUT2D eigenvalue weighted by atomic mass is 10.1. The zero-order valence-electron chi connectivity index (χ0n) is 14.9. The largest absolute Gasteiger partial charge is 0.358 e. The van der Waals surface area contributed by atoms with Gasteiger partial charge in [-0.1, -0.05) is 48.2 Å². The number of aromatic nitrogens is 3. The van der Waals surface area contributed by atoms with E-state index in [4.69, 9.17) is 0 Å². The van der Waals surface area contributed by atoms with Crippen molar-refractivity contribution in [3.8, 4) is 0 Å². The molecule has 3 aromatic rings. The molecule has 0 bridgehead atoms. The second-order valence-electron chi connectivity index (χ2n) is 5.92. The smallest absolute Gasteiger partial charge is 0.233 e. The molecule has 26 heavy (non-hydrogen) atoms. The summed E-state index contributed by atoms with van der Waals surface area (Å²) in [6.07, 6.45) is 1.66. The Bertz CT molecular complexity index is 831. The van der Waals surface area contributed by atoms with Crippen molar-refractivity contribution in [3.05, 3.63) is 64.1 Å². The number of hydrogen-bond acceptors (Lipinski definition) is 5. The molecule has 0 aliphatic heterocycles. The summed E-state index contributed by atoms with van der Waals surface area (Å²) in [4.78, 5) is 13.1. The quantitative estimate of drug-likeness (QED) is 0.603. The minimum Gasteiger partial charge on any atom is -0.358 e. The third-order valence-electron chi connectivity index (χ3n) is 4.07. The number of hydrogen-bond donors (Lipinski definition) is 1. The van der Waals surface area contributed by atoms with Gasteiger partial charge in [0.25, 0.3) is 0 Å². The molecule has 2 aromatic heterocycles. The molecule has 3 rings (SSSR count). The van der Waals surface area contributed by atoms with Gasteiger partial charge in [-0.2, -0.15) is 0 Å². The zero-order chi connectivity index (χ0) is 18.4. The zero-order valence-corrected chi connectivity index (χ0v) is 16.5. The van der Waals surface area contributed by atoms with Crippen molar-refractivity contribution in [1.29, 1.82) is 0 Å². The minimum absolute atomic E-state index is 0.00702. The Morgan fingerprint density at radius 3 is 2.73 bits per heavy atom. The van der Waals surface area contributed by atoms with Gasteiger partial charge in [0, 0.05) is 24.9 Å². The predicted molar refractivity (Wildman–Crippen MR) is 107 cm³/mol. The molecule has 5 nitrogen and oxygen atoms in total. The number of carbonyl (C=O) groups excluding carboxylic acids is 1. The van der Waals surface area contributed by atoms with Gasteiger partial charge in [-0.25, -0.2) is 0 Å². The first-order valence-electron chi connectivity index (χ1n) is 8.54. The van der Waals surface area contributed by atoms with Crippen molar-refractivity contribution in [2.24, 2.45) is 0 Å². The highest BCUT2D eigenvalue weighted by Crippen LogP contribution is 2.24.